The fraction of sp³-hybridized carbons (Fsp3) is 0.722. The summed E-state index contributed by atoms with van der Waals surface area (Å²) in [4.78, 5) is 16.5. The van der Waals surface area contributed by atoms with Crippen molar-refractivity contribution in [1.29, 1.82) is 0 Å². The van der Waals surface area contributed by atoms with Gasteiger partial charge in [0.1, 0.15) is 11.5 Å². The Balaban J connectivity index is 1.40. The van der Waals surface area contributed by atoms with Crippen LogP contribution < -0.4 is 0 Å². The summed E-state index contributed by atoms with van der Waals surface area (Å²) in [7, 11) is 0. The second-order valence-electron chi connectivity index (χ2n) is 7.15. The minimum absolute atomic E-state index is 0.208. The molecule has 0 aromatic carbocycles. The molecule has 1 saturated heterocycles. The Morgan fingerprint density at radius 3 is 2.65 bits per heavy atom. The highest BCUT2D eigenvalue weighted by atomic mass is 16.3. The number of aryl methyl sites for hydroxylation is 1. The maximum Gasteiger partial charge on any atom is 0.223 e. The van der Waals surface area contributed by atoms with Crippen molar-refractivity contribution in [1.82, 2.24) is 9.80 Å². The number of hydrogen-bond acceptors (Lipinski definition) is 4. The number of aliphatic hydroxyl groups is 1. The number of β-amino-alcohol motifs (C(OH)–C–C–N with tert-alkyl or cyclic N) is 1. The molecule has 0 bridgehead atoms. The van der Waals surface area contributed by atoms with E-state index in [0.29, 0.717) is 25.3 Å². The van der Waals surface area contributed by atoms with Crippen molar-refractivity contribution < 1.29 is 14.3 Å². The van der Waals surface area contributed by atoms with E-state index in [2.05, 4.69) is 17.9 Å². The summed E-state index contributed by atoms with van der Waals surface area (Å²) in [6.45, 7) is 7.95. The predicted octanol–water partition coefficient (Wildman–Crippen LogP) is 1.86. The Kier molecular flexibility index (Phi) is 5.07. The van der Waals surface area contributed by atoms with Crippen LogP contribution in [-0.2, 0) is 11.2 Å². The van der Waals surface area contributed by atoms with Crippen LogP contribution >= 0.6 is 0 Å². The molecule has 23 heavy (non-hydrogen) atoms. The normalized spacial score (nSPS) is 26.3. The predicted molar refractivity (Wildman–Crippen MR) is 88.3 cm³/mol. The zero-order chi connectivity index (χ0) is 16.4. The highest BCUT2D eigenvalue weighted by Gasteiger charge is 2.36. The van der Waals surface area contributed by atoms with E-state index in [1.807, 2.05) is 11.0 Å². The Morgan fingerprint density at radius 1 is 1.35 bits per heavy atom. The third-order valence-corrected chi connectivity index (χ3v) is 4.99. The van der Waals surface area contributed by atoms with Gasteiger partial charge >= 0.3 is 0 Å². The standard InChI is InChI=1S/C18H28N2O3/c1-13-11-16(13)17-5-3-15(23-17)4-6-18(22)20-9-7-19(8-10-20)12-14(2)21/h3,5,13-14,16,21H,4,6-12H2,1-2H3/t13-,14-,16+/m0/s1. The first kappa shape index (κ1) is 16.5. The number of rotatable bonds is 6. The summed E-state index contributed by atoms with van der Waals surface area (Å²) in [6.07, 6.45) is 2.12. The highest BCUT2D eigenvalue weighted by molar-refractivity contribution is 5.76. The minimum Gasteiger partial charge on any atom is -0.466 e. The van der Waals surface area contributed by atoms with Gasteiger partial charge in [-0.15, -0.1) is 0 Å². The Labute approximate surface area is 138 Å². The number of amides is 1. The molecule has 128 valence electrons. The minimum atomic E-state index is -0.306. The zero-order valence-electron chi connectivity index (χ0n) is 14.2. The largest absolute Gasteiger partial charge is 0.466 e. The number of furan rings is 1. The summed E-state index contributed by atoms with van der Waals surface area (Å²) >= 11 is 0. The average Bonchev–Trinajstić information content (AvgIpc) is 3.07. The molecule has 3 rings (SSSR count). The first-order chi connectivity index (χ1) is 11.0. The molecular weight excluding hydrogens is 292 g/mol. The number of nitrogens with zero attached hydrogens (tertiary/aromatic N) is 2. The quantitative estimate of drug-likeness (QED) is 0.869. The molecule has 5 nitrogen and oxygen atoms in total. The summed E-state index contributed by atoms with van der Waals surface area (Å²) in [6, 6.07) is 4.09. The van der Waals surface area contributed by atoms with Gasteiger partial charge in [0.25, 0.3) is 0 Å². The van der Waals surface area contributed by atoms with Crippen LogP contribution in [0.5, 0.6) is 0 Å². The molecule has 1 saturated carbocycles. The van der Waals surface area contributed by atoms with Gasteiger partial charge in [0.15, 0.2) is 0 Å². The Bertz CT molecular complexity index is 532. The van der Waals surface area contributed by atoms with Gasteiger partial charge in [0.2, 0.25) is 5.91 Å². The zero-order valence-corrected chi connectivity index (χ0v) is 14.2. The van der Waals surface area contributed by atoms with E-state index in [1.54, 1.807) is 6.92 Å². The summed E-state index contributed by atoms with van der Waals surface area (Å²) in [5, 5.41) is 9.42. The van der Waals surface area contributed by atoms with Crippen molar-refractivity contribution in [2.24, 2.45) is 5.92 Å². The molecule has 1 aromatic rings. The van der Waals surface area contributed by atoms with Crippen LogP contribution in [0.3, 0.4) is 0 Å². The lowest BCUT2D eigenvalue weighted by Crippen LogP contribution is -2.50. The van der Waals surface area contributed by atoms with Crippen LogP contribution in [0.2, 0.25) is 0 Å². The third kappa shape index (κ3) is 4.36. The van der Waals surface area contributed by atoms with Gasteiger partial charge in [-0.25, -0.2) is 0 Å². The van der Waals surface area contributed by atoms with E-state index in [-0.39, 0.29) is 12.0 Å². The van der Waals surface area contributed by atoms with E-state index in [9.17, 15) is 9.90 Å². The van der Waals surface area contributed by atoms with Crippen molar-refractivity contribution in [2.45, 2.75) is 45.1 Å². The van der Waals surface area contributed by atoms with Crippen LogP contribution in [0.25, 0.3) is 0 Å². The van der Waals surface area contributed by atoms with E-state index >= 15 is 0 Å². The molecule has 2 aliphatic rings. The number of aliphatic hydroxyl groups excluding tert-OH is 1. The van der Waals surface area contributed by atoms with Crippen molar-refractivity contribution in [3.63, 3.8) is 0 Å². The van der Waals surface area contributed by atoms with Crippen LogP contribution in [0.15, 0.2) is 16.5 Å². The molecule has 5 heteroatoms. The average molecular weight is 320 g/mol. The van der Waals surface area contributed by atoms with Gasteiger partial charge in [-0.3, -0.25) is 9.69 Å². The molecule has 1 N–H and O–H groups in total. The SMILES string of the molecule is C[C@H](O)CN1CCN(C(=O)CCc2ccc([C@@H]3C[C@@H]3C)o2)CC1. The van der Waals surface area contributed by atoms with E-state index in [0.717, 1.165) is 43.6 Å². The second kappa shape index (κ2) is 7.05. The Hall–Kier alpha value is -1.33. The fourth-order valence-corrected chi connectivity index (χ4v) is 3.39. The lowest BCUT2D eigenvalue weighted by atomic mass is 10.2. The number of hydrogen-bond donors (Lipinski definition) is 1. The molecule has 1 amide bonds. The van der Waals surface area contributed by atoms with Gasteiger partial charge in [0.05, 0.1) is 6.10 Å². The first-order valence-electron chi connectivity index (χ1n) is 8.79. The van der Waals surface area contributed by atoms with Gasteiger partial charge in [0, 0.05) is 51.5 Å². The molecule has 0 spiro atoms. The van der Waals surface area contributed by atoms with Crippen molar-refractivity contribution in [2.75, 3.05) is 32.7 Å². The van der Waals surface area contributed by atoms with E-state index in [1.165, 1.54) is 6.42 Å². The van der Waals surface area contributed by atoms with Crippen LogP contribution in [0.1, 0.15) is 44.1 Å². The third-order valence-electron chi connectivity index (χ3n) is 4.99. The molecule has 1 aliphatic carbocycles. The van der Waals surface area contributed by atoms with Gasteiger partial charge in [-0.05, 0) is 31.4 Å². The van der Waals surface area contributed by atoms with Gasteiger partial charge in [-0.2, -0.15) is 0 Å². The summed E-state index contributed by atoms with van der Waals surface area (Å²) < 4.78 is 5.87. The lowest BCUT2D eigenvalue weighted by molar-refractivity contribution is -0.133. The van der Waals surface area contributed by atoms with Crippen molar-refractivity contribution in [3.8, 4) is 0 Å². The van der Waals surface area contributed by atoms with Crippen molar-refractivity contribution in [3.05, 3.63) is 23.7 Å². The van der Waals surface area contributed by atoms with E-state index < -0.39 is 0 Å². The molecule has 2 heterocycles. The first-order valence-corrected chi connectivity index (χ1v) is 8.79. The van der Waals surface area contributed by atoms with Crippen molar-refractivity contribution >= 4 is 5.91 Å². The van der Waals surface area contributed by atoms with Gasteiger partial charge < -0.3 is 14.4 Å². The van der Waals surface area contributed by atoms with Crippen LogP contribution in [0.4, 0.5) is 0 Å². The summed E-state index contributed by atoms with van der Waals surface area (Å²) in [5.41, 5.74) is 0. The molecule has 1 aliphatic heterocycles. The number of piperazine rings is 1. The highest BCUT2D eigenvalue weighted by Crippen LogP contribution is 2.47. The van der Waals surface area contributed by atoms with Crippen LogP contribution in [-0.4, -0.2) is 59.6 Å². The molecule has 1 aromatic heterocycles. The maximum atomic E-state index is 12.3. The number of carbonyl (C=O) groups excluding carboxylic acids is 1. The fourth-order valence-electron chi connectivity index (χ4n) is 3.39. The maximum absolute atomic E-state index is 12.3. The molecule has 0 unspecified atom stereocenters. The smallest absolute Gasteiger partial charge is 0.223 e. The van der Waals surface area contributed by atoms with E-state index in [4.69, 9.17) is 4.42 Å². The van der Waals surface area contributed by atoms with Crippen LogP contribution in [0, 0.1) is 5.92 Å². The topological polar surface area (TPSA) is 56.9 Å². The summed E-state index contributed by atoms with van der Waals surface area (Å²) in [5.74, 6) is 3.57. The second-order valence-corrected chi connectivity index (χ2v) is 7.15. The molecule has 3 atom stereocenters. The Morgan fingerprint density at radius 2 is 2.04 bits per heavy atom. The molecule has 2 fully saturated rings. The monoisotopic (exact) mass is 320 g/mol. The molecule has 0 radical (unpaired) electrons. The lowest BCUT2D eigenvalue weighted by Gasteiger charge is -2.35. The van der Waals surface area contributed by atoms with Gasteiger partial charge in [-0.1, -0.05) is 6.92 Å². The molecular formula is C18H28N2O3. The number of carbonyl (C=O) groups is 1.